The lowest BCUT2D eigenvalue weighted by atomic mass is 10.1. The Hall–Kier alpha value is -1.88. The Labute approximate surface area is 147 Å². The molecule has 0 bridgehead atoms. The highest BCUT2D eigenvalue weighted by Crippen LogP contribution is 2.23. The van der Waals surface area contributed by atoms with Crippen LogP contribution in [0.5, 0.6) is 5.75 Å². The summed E-state index contributed by atoms with van der Waals surface area (Å²) in [5, 5.41) is 8.20. The molecule has 3 aromatic rings. The molecule has 0 aliphatic carbocycles. The van der Waals surface area contributed by atoms with E-state index in [1.54, 1.807) is 7.11 Å². The smallest absolute Gasteiger partial charge is 0.119 e. The van der Waals surface area contributed by atoms with Gasteiger partial charge in [0.15, 0.2) is 0 Å². The molecule has 1 atom stereocenters. The van der Waals surface area contributed by atoms with E-state index in [0.717, 1.165) is 18.8 Å². The van der Waals surface area contributed by atoms with Crippen molar-refractivity contribution in [3.05, 3.63) is 64.4 Å². The third kappa shape index (κ3) is 3.96. The molecule has 0 fully saturated rings. The fourth-order valence-corrected chi connectivity index (χ4v) is 3.80. The molecule has 1 aromatic heterocycles. The summed E-state index contributed by atoms with van der Waals surface area (Å²) in [6.45, 7) is 1.81. The molecular formula is C20H24N2OS. The van der Waals surface area contributed by atoms with E-state index in [2.05, 4.69) is 72.2 Å². The van der Waals surface area contributed by atoms with E-state index >= 15 is 0 Å². The Bertz CT molecular complexity index is 783. The molecule has 4 heteroatoms. The van der Waals surface area contributed by atoms with Crippen molar-refractivity contribution < 1.29 is 4.74 Å². The van der Waals surface area contributed by atoms with E-state index < -0.39 is 0 Å². The van der Waals surface area contributed by atoms with Gasteiger partial charge in [-0.3, -0.25) is 0 Å². The minimum atomic E-state index is 0.412. The first-order valence-electron chi connectivity index (χ1n) is 8.14. The van der Waals surface area contributed by atoms with Crippen molar-refractivity contribution in [1.29, 1.82) is 0 Å². The van der Waals surface area contributed by atoms with E-state index in [0.29, 0.717) is 6.04 Å². The average Bonchev–Trinajstić information content (AvgIpc) is 3.12. The minimum absolute atomic E-state index is 0.412. The number of hydrogen-bond acceptors (Lipinski definition) is 4. The molecule has 126 valence electrons. The lowest BCUT2D eigenvalue weighted by Crippen LogP contribution is -2.30. The highest BCUT2D eigenvalue weighted by Gasteiger charge is 2.14. The monoisotopic (exact) mass is 340 g/mol. The van der Waals surface area contributed by atoms with Gasteiger partial charge in [0.1, 0.15) is 5.75 Å². The van der Waals surface area contributed by atoms with Crippen molar-refractivity contribution in [2.45, 2.75) is 12.6 Å². The van der Waals surface area contributed by atoms with Gasteiger partial charge < -0.3 is 15.0 Å². The number of ether oxygens (including phenoxy) is 1. The van der Waals surface area contributed by atoms with Gasteiger partial charge in [-0.2, -0.15) is 0 Å². The van der Waals surface area contributed by atoms with Crippen molar-refractivity contribution in [1.82, 2.24) is 10.2 Å². The number of rotatable bonds is 7. The number of nitrogens with one attached hydrogen (secondary N) is 1. The summed E-state index contributed by atoms with van der Waals surface area (Å²) in [7, 11) is 5.97. The van der Waals surface area contributed by atoms with Gasteiger partial charge in [0, 0.05) is 18.0 Å². The van der Waals surface area contributed by atoms with Gasteiger partial charge in [-0.05, 0) is 60.1 Å². The Morgan fingerprint density at radius 1 is 1.08 bits per heavy atom. The van der Waals surface area contributed by atoms with Crippen LogP contribution < -0.4 is 10.1 Å². The molecule has 1 N–H and O–H groups in total. The number of benzene rings is 2. The summed E-state index contributed by atoms with van der Waals surface area (Å²) in [6, 6.07) is 17.5. The average molecular weight is 340 g/mol. The molecule has 0 aliphatic rings. The van der Waals surface area contributed by atoms with Gasteiger partial charge in [-0.1, -0.05) is 24.3 Å². The first kappa shape index (κ1) is 17.0. The number of fused-ring (bicyclic) bond motifs is 1. The second-order valence-electron chi connectivity index (χ2n) is 6.17. The third-order valence-corrected chi connectivity index (χ3v) is 5.25. The van der Waals surface area contributed by atoms with E-state index in [9.17, 15) is 0 Å². The van der Waals surface area contributed by atoms with Crippen LogP contribution in [-0.2, 0) is 6.54 Å². The van der Waals surface area contributed by atoms with Gasteiger partial charge >= 0.3 is 0 Å². The fraction of sp³-hybridized carbons (Fsp3) is 0.300. The zero-order valence-electron chi connectivity index (χ0n) is 14.5. The molecule has 1 heterocycles. The molecule has 1 unspecified atom stereocenters. The first-order chi connectivity index (χ1) is 11.7. The number of thiophene rings is 1. The summed E-state index contributed by atoms with van der Waals surface area (Å²) in [6.07, 6.45) is 0. The van der Waals surface area contributed by atoms with E-state index in [1.807, 2.05) is 17.4 Å². The summed E-state index contributed by atoms with van der Waals surface area (Å²) in [4.78, 5) is 3.67. The predicted molar refractivity (Wildman–Crippen MR) is 103 cm³/mol. The molecule has 24 heavy (non-hydrogen) atoms. The molecule has 3 nitrogen and oxygen atoms in total. The van der Waals surface area contributed by atoms with Crippen molar-refractivity contribution >= 4 is 22.1 Å². The zero-order chi connectivity index (χ0) is 16.9. The number of nitrogens with zero attached hydrogens (tertiary/aromatic N) is 1. The fourth-order valence-electron chi connectivity index (χ4n) is 2.88. The van der Waals surface area contributed by atoms with Gasteiger partial charge in [0.25, 0.3) is 0 Å². The van der Waals surface area contributed by atoms with E-state index in [1.165, 1.54) is 21.2 Å². The Balaban J connectivity index is 1.64. The lowest BCUT2D eigenvalue weighted by molar-refractivity contribution is 0.292. The summed E-state index contributed by atoms with van der Waals surface area (Å²) in [5.41, 5.74) is 1.30. The lowest BCUT2D eigenvalue weighted by Gasteiger charge is -2.23. The Morgan fingerprint density at radius 3 is 2.58 bits per heavy atom. The normalized spacial score (nSPS) is 12.7. The van der Waals surface area contributed by atoms with Crippen LogP contribution in [0, 0.1) is 0 Å². The summed E-state index contributed by atoms with van der Waals surface area (Å²) in [5.74, 6) is 0.901. The van der Waals surface area contributed by atoms with Gasteiger partial charge in [0.2, 0.25) is 0 Å². The van der Waals surface area contributed by atoms with Crippen molar-refractivity contribution in [2.24, 2.45) is 0 Å². The van der Waals surface area contributed by atoms with Crippen LogP contribution >= 0.6 is 11.3 Å². The molecule has 0 radical (unpaired) electrons. The van der Waals surface area contributed by atoms with Crippen LogP contribution in [0.2, 0.25) is 0 Å². The topological polar surface area (TPSA) is 24.5 Å². The minimum Gasteiger partial charge on any atom is -0.497 e. The van der Waals surface area contributed by atoms with Crippen LogP contribution in [-0.4, -0.2) is 32.6 Å². The van der Waals surface area contributed by atoms with Crippen LogP contribution in [0.25, 0.3) is 10.8 Å². The predicted octanol–water partition coefficient (Wildman–Crippen LogP) is 4.30. The highest BCUT2D eigenvalue weighted by atomic mass is 32.1. The van der Waals surface area contributed by atoms with E-state index in [-0.39, 0.29) is 0 Å². The van der Waals surface area contributed by atoms with Crippen LogP contribution in [0.1, 0.15) is 16.5 Å². The number of likely N-dealkylation sites (N-methyl/N-ethyl adjacent to an activating group) is 1. The van der Waals surface area contributed by atoms with Crippen molar-refractivity contribution in [3.8, 4) is 5.75 Å². The maximum Gasteiger partial charge on any atom is 0.119 e. The van der Waals surface area contributed by atoms with Gasteiger partial charge in [-0.15, -0.1) is 11.3 Å². The van der Waals surface area contributed by atoms with Gasteiger partial charge in [-0.25, -0.2) is 0 Å². The van der Waals surface area contributed by atoms with Crippen molar-refractivity contribution in [3.63, 3.8) is 0 Å². The zero-order valence-corrected chi connectivity index (χ0v) is 15.3. The van der Waals surface area contributed by atoms with Gasteiger partial charge in [0.05, 0.1) is 13.2 Å². The standard InChI is InChI=1S/C20H24N2OS/c1-22(2)19(20-5-4-10-24-20)14-21-13-15-6-7-17-12-18(23-3)9-8-16(17)11-15/h4-12,19,21H,13-14H2,1-3H3. The largest absolute Gasteiger partial charge is 0.497 e. The first-order valence-corrected chi connectivity index (χ1v) is 9.02. The number of methoxy groups -OCH3 is 1. The molecule has 0 amide bonds. The Morgan fingerprint density at radius 2 is 1.88 bits per heavy atom. The van der Waals surface area contributed by atoms with Crippen LogP contribution in [0.4, 0.5) is 0 Å². The van der Waals surface area contributed by atoms with E-state index in [4.69, 9.17) is 4.74 Å². The Kier molecular flexibility index (Phi) is 5.51. The quantitative estimate of drug-likeness (QED) is 0.694. The molecule has 2 aromatic carbocycles. The third-order valence-electron chi connectivity index (χ3n) is 4.27. The van der Waals surface area contributed by atoms with Crippen LogP contribution in [0.15, 0.2) is 53.9 Å². The maximum absolute atomic E-state index is 5.29. The molecule has 3 rings (SSSR count). The maximum atomic E-state index is 5.29. The molecule has 0 saturated carbocycles. The summed E-state index contributed by atoms with van der Waals surface area (Å²) >= 11 is 1.82. The molecular weight excluding hydrogens is 316 g/mol. The molecule has 0 spiro atoms. The van der Waals surface area contributed by atoms with Crippen LogP contribution in [0.3, 0.4) is 0 Å². The molecule has 0 aliphatic heterocycles. The second-order valence-corrected chi connectivity index (χ2v) is 7.15. The number of hydrogen-bond donors (Lipinski definition) is 1. The highest BCUT2D eigenvalue weighted by molar-refractivity contribution is 7.10. The SMILES string of the molecule is COc1ccc2cc(CNCC(c3cccs3)N(C)C)ccc2c1. The molecule has 0 saturated heterocycles. The summed E-state index contributed by atoms with van der Waals surface area (Å²) < 4.78 is 5.29. The van der Waals surface area contributed by atoms with Crippen molar-refractivity contribution in [2.75, 3.05) is 27.7 Å². The second kappa shape index (κ2) is 7.79.